The van der Waals surface area contributed by atoms with E-state index >= 15 is 0 Å². The number of carbonyl (C=O) groups is 1. The maximum absolute atomic E-state index is 11.0. The van der Waals surface area contributed by atoms with E-state index in [4.69, 9.17) is 15.2 Å². The second-order valence-corrected chi connectivity index (χ2v) is 5.90. The summed E-state index contributed by atoms with van der Waals surface area (Å²) < 4.78 is 11.1. The number of primary amides is 1. The molecule has 0 aliphatic carbocycles. The molecule has 1 amide bonds. The molecule has 1 fully saturated rings. The number of hydrogen-bond donors (Lipinski definition) is 2. The van der Waals surface area contributed by atoms with Gasteiger partial charge < -0.3 is 20.5 Å². The third kappa shape index (κ3) is 5.20. The minimum absolute atomic E-state index is 0.307. The summed E-state index contributed by atoms with van der Waals surface area (Å²) in [5.74, 6) is -0.366. The molecule has 1 aliphatic heterocycles. The van der Waals surface area contributed by atoms with Gasteiger partial charge in [0.2, 0.25) is 5.91 Å². The van der Waals surface area contributed by atoms with Crippen molar-refractivity contribution >= 4 is 17.2 Å². The zero-order chi connectivity index (χ0) is 14.2. The van der Waals surface area contributed by atoms with Crippen LogP contribution in [-0.4, -0.2) is 38.4 Å². The van der Waals surface area contributed by atoms with E-state index < -0.39 is 0 Å². The van der Waals surface area contributed by atoms with Crippen LogP contribution in [-0.2, 0) is 16.0 Å². The molecule has 0 saturated carbocycles. The maximum Gasteiger partial charge on any atom is 0.249 e. The Morgan fingerprint density at radius 3 is 3.20 bits per heavy atom. The SMILES string of the molecule is NC(=O)c1csc(CNCCCOCC2CCCO2)c1. The smallest absolute Gasteiger partial charge is 0.249 e. The Morgan fingerprint density at radius 1 is 1.60 bits per heavy atom. The maximum atomic E-state index is 11.0. The van der Waals surface area contributed by atoms with Gasteiger partial charge in [-0.2, -0.15) is 0 Å². The van der Waals surface area contributed by atoms with Crippen LogP contribution in [0.15, 0.2) is 11.4 Å². The summed E-state index contributed by atoms with van der Waals surface area (Å²) in [6, 6.07) is 1.84. The van der Waals surface area contributed by atoms with Crippen molar-refractivity contribution in [2.75, 3.05) is 26.4 Å². The third-order valence-electron chi connectivity index (χ3n) is 3.21. The molecule has 0 radical (unpaired) electrons. The summed E-state index contributed by atoms with van der Waals surface area (Å²) in [5, 5.41) is 5.13. The highest BCUT2D eigenvalue weighted by molar-refractivity contribution is 7.10. The lowest BCUT2D eigenvalue weighted by molar-refractivity contribution is 0.0166. The van der Waals surface area contributed by atoms with Gasteiger partial charge >= 0.3 is 0 Å². The number of hydrogen-bond acceptors (Lipinski definition) is 5. The van der Waals surface area contributed by atoms with E-state index in [1.807, 2.05) is 6.07 Å². The van der Waals surface area contributed by atoms with Gasteiger partial charge in [-0.15, -0.1) is 11.3 Å². The monoisotopic (exact) mass is 298 g/mol. The summed E-state index contributed by atoms with van der Waals surface area (Å²) in [6.45, 7) is 4.01. The largest absolute Gasteiger partial charge is 0.379 e. The standard InChI is InChI=1S/C14H22N2O3S/c15-14(17)11-7-13(20-10-11)8-16-4-2-5-18-9-12-3-1-6-19-12/h7,10,12,16H,1-6,8-9H2,(H2,15,17). The molecule has 1 aromatic heterocycles. The Kier molecular flexibility index (Phi) is 6.46. The Bertz CT molecular complexity index is 416. The molecule has 1 unspecified atom stereocenters. The van der Waals surface area contributed by atoms with Crippen molar-refractivity contribution in [2.45, 2.75) is 31.9 Å². The molecular formula is C14H22N2O3S. The lowest BCUT2D eigenvalue weighted by Crippen LogP contribution is -2.18. The predicted molar refractivity (Wildman–Crippen MR) is 79.0 cm³/mol. The van der Waals surface area contributed by atoms with Crippen molar-refractivity contribution in [3.63, 3.8) is 0 Å². The van der Waals surface area contributed by atoms with Gasteiger partial charge in [-0.1, -0.05) is 0 Å². The molecule has 5 nitrogen and oxygen atoms in total. The van der Waals surface area contributed by atoms with Crippen molar-refractivity contribution in [3.05, 3.63) is 21.9 Å². The molecule has 1 aliphatic rings. The first kappa shape index (κ1) is 15.4. The Morgan fingerprint density at radius 2 is 2.50 bits per heavy atom. The molecule has 1 atom stereocenters. The van der Waals surface area contributed by atoms with Gasteiger partial charge in [0, 0.05) is 30.0 Å². The molecule has 0 bridgehead atoms. The molecule has 1 saturated heterocycles. The number of ether oxygens (including phenoxy) is 2. The molecule has 20 heavy (non-hydrogen) atoms. The summed E-state index contributed by atoms with van der Waals surface area (Å²) in [7, 11) is 0. The van der Waals surface area contributed by atoms with Gasteiger partial charge in [0.05, 0.1) is 18.3 Å². The lowest BCUT2D eigenvalue weighted by Gasteiger charge is -2.10. The van der Waals surface area contributed by atoms with Crippen molar-refractivity contribution in [1.82, 2.24) is 5.32 Å². The van der Waals surface area contributed by atoms with Crippen LogP contribution in [0.1, 0.15) is 34.5 Å². The minimum Gasteiger partial charge on any atom is -0.379 e. The number of thiophene rings is 1. The molecule has 3 N–H and O–H groups in total. The third-order valence-corrected chi connectivity index (χ3v) is 4.14. The summed E-state index contributed by atoms with van der Waals surface area (Å²) in [6.07, 6.45) is 3.56. The first-order valence-corrected chi connectivity index (χ1v) is 7.91. The van der Waals surface area contributed by atoms with Crippen LogP contribution in [0.3, 0.4) is 0 Å². The fourth-order valence-electron chi connectivity index (χ4n) is 2.10. The highest BCUT2D eigenvalue weighted by Gasteiger charge is 2.14. The average molecular weight is 298 g/mol. The summed E-state index contributed by atoms with van der Waals surface area (Å²) >= 11 is 1.55. The van der Waals surface area contributed by atoms with Crippen molar-refractivity contribution in [3.8, 4) is 0 Å². The van der Waals surface area contributed by atoms with Gasteiger partial charge in [0.15, 0.2) is 0 Å². The molecular weight excluding hydrogens is 276 g/mol. The van der Waals surface area contributed by atoms with Gasteiger partial charge in [0.1, 0.15) is 0 Å². The molecule has 6 heteroatoms. The Labute approximate surface area is 123 Å². The van der Waals surface area contributed by atoms with Crippen molar-refractivity contribution < 1.29 is 14.3 Å². The number of nitrogens with one attached hydrogen (secondary N) is 1. The van der Waals surface area contributed by atoms with E-state index in [2.05, 4.69) is 5.32 Å². The zero-order valence-corrected chi connectivity index (χ0v) is 12.4. The molecule has 112 valence electrons. The van der Waals surface area contributed by atoms with Crippen LogP contribution in [0.25, 0.3) is 0 Å². The number of carbonyl (C=O) groups excluding carboxylic acids is 1. The number of rotatable bonds is 9. The Balaban J connectivity index is 1.47. The van der Waals surface area contributed by atoms with E-state index in [-0.39, 0.29) is 5.91 Å². The normalized spacial score (nSPS) is 18.5. The fourth-order valence-corrected chi connectivity index (χ4v) is 2.95. The van der Waals surface area contributed by atoms with E-state index in [0.717, 1.165) is 50.4 Å². The number of amides is 1. The molecule has 0 spiro atoms. The van der Waals surface area contributed by atoms with Crippen LogP contribution < -0.4 is 11.1 Å². The zero-order valence-electron chi connectivity index (χ0n) is 11.6. The predicted octanol–water partition coefficient (Wildman–Crippen LogP) is 1.52. The Hall–Kier alpha value is -0.950. The quantitative estimate of drug-likeness (QED) is 0.678. The molecule has 2 rings (SSSR count). The average Bonchev–Trinajstić information content (AvgIpc) is 3.08. The summed E-state index contributed by atoms with van der Waals surface area (Å²) in [4.78, 5) is 12.1. The first-order chi connectivity index (χ1) is 9.75. The van der Waals surface area contributed by atoms with Crippen LogP contribution in [0, 0.1) is 0 Å². The molecule has 0 aromatic carbocycles. The first-order valence-electron chi connectivity index (χ1n) is 7.03. The molecule has 1 aromatic rings. The second-order valence-electron chi connectivity index (χ2n) is 4.91. The highest BCUT2D eigenvalue weighted by Crippen LogP contribution is 2.14. The second kappa shape index (κ2) is 8.36. The van der Waals surface area contributed by atoms with Gasteiger partial charge in [-0.05, 0) is 31.9 Å². The van der Waals surface area contributed by atoms with Crippen LogP contribution in [0.5, 0.6) is 0 Å². The van der Waals surface area contributed by atoms with Crippen LogP contribution in [0.4, 0.5) is 0 Å². The highest BCUT2D eigenvalue weighted by atomic mass is 32.1. The van der Waals surface area contributed by atoms with E-state index in [1.54, 1.807) is 16.7 Å². The van der Waals surface area contributed by atoms with E-state index in [9.17, 15) is 4.79 Å². The van der Waals surface area contributed by atoms with Crippen LogP contribution in [0.2, 0.25) is 0 Å². The van der Waals surface area contributed by atoms with Gasteiger partial charge in [-0.25, -0.2) is 0 Å². The van der Waals surface area contributed by atoms with Crippen LogP contribution >= 0.6 is 11.3 Å². The molecule has 2 heterocycles. The lowest BCUT2D eigenvalue weighted by atomic mass is 10.2. The van der Waals surface area contributed by atoms with Crippen molar-refractivity contribution in [2.24, 2.45) is 5.73 Å². The van der Waals surface area contributed by atoms with E-state index in [0.29, 0.717) is 18.3 Å². The summed E-state index contributed by atoms with van der Waals surface area (Å²) in [5.41, 5.74) is 5.80. The van der Waals surface area contributed by atoms with E-state index in [1.165, 1.54) is 0 Å². The number of nitrogens with two attached hydrogens (primary N) is 1. The topological polar surface area (TPSA) is 73.6 Å². The fraction of sp³-hybridized carbons (Fsp3) is 0.643. The van der Waals surface area contributed by atoms with Gasteiger partial charge in [-0.3, -0.25) is 4.79 Å². The van der Waals surface area contributed by atoms with Gasteiger partial charge in [0.25, 0.3) is 0 Å². The minimum atomic E-state index is -0.366. The van der Waals surface area contributed by atoms with Crippen molar-refractivity contribution in [1.29, 1.82) is 0 Å².